The van der Waals surface area contributed by atoms with Crippen molar-refractivity contribution in [2.75, 3.05) is 18.7 Å². The summed E-state index contributed by atoms with van der Waals surface area (Å²) < 4.78 is 18.5. The summed E-state index contributed by atoms with van der Waals surface area (Å²) in [7, 11) is 0. The minimum atomic E-state index is 0.0371. The van der Waals surface area contributed by atoms with Gasteiger partial charge in [-0.1, -0.05) is 40.0 Å². The molecule has 4 rings (SSSR count). The molecule has 34 heavy (non-hydrogen) atoms. The monoisotopic (exact) mass is 464 g/mol. The Bertz CT molecular complexity index is 1110. The summed E-state index contributed by atoms with van der Waals surface area (Å²) >= 11 is 0. The second-order valence-corrected chi connectivity index (χ2v) is 8.81. The van der Waals surface area contributed by atoms with Gasteiger partial charge in [0.2, 0.25) is 12.7 Å². The van der Waals surface area contributed by atoms with Crippen molar-refractivity contribution in [2.45, 2.75) is 52.9 Å². The SMILES string of the molecule is CCCCCCC(=O)Nc1ccc(-n2nc(OCC(C)C)nc2-c2ccc3c(c2)OCO3)cc1. The van der Waals surface area contributed by atoms with Crippen molar-refractivity contribution in [2.24, 2.45) is 5.92 Å². The molecule has 1 amide bonds. The minimum Gasteiger partial charge on any atom is -0.462 e. The van der Waals surface area contributed by atoms with E-state index in [-0.39, 0.29) is 12.7 Å². The van der Waals surface area contributed by atoms with E-state index < -0.39 is 0 Å². The molecule has 1 aromatic heterocycles. The third kappa shape index (κ3) is 5.87. The summed E-state index contributed by atoms with van der Waals surface area (Å²) in [6.07, 6.45) is 4.85. The Morgan fingerprint density at radius 3 is 2.65 bits per heavy atom. The minimum absolute atomic E-state index is 0.0371. The van der Waals surface area contributed by atoms with Crippen molar-refractivity contribution in [3.63, 3.8) is 0 Å². The number of hydrogen-bond acceptors (Lipinski definition) is 6. The Morgan fingerprint density at radius 2 is 1.88 bits per heavy atom. The first-order valence-corrected chi connectivity index (χ1v) is 11.9. The number of benzene rings is 2. The van der Waals surface area contributed by atoms with Crippen molar-refractivity contribution < 1.29 is 19.0 Å². The summed E-state index contributed by atoms with van der Waals surface area (Å²) in [5.74, 6) is 2.40. The topological polar surface area (TPSA) is 87.5 Å². The van der Waals surface area contributed by atoms with Gasteiger partial charge in [0.25, 0.3) is 0 Å². The number of rotatable bonds is 11. The molecule has 0 spiro atoms. The van der Waals surface area contributed by atoms with Crippen LogP contribution in [0.1, 0.15) is 52.9 Å². The molecule has 0 bridgehead atoms. The number of nitrogens with zero attached hydrogens (tertiary/aromatic N) is 3. The smallest absolute Gasteiger partial charge is 0.336 e. The van der Waals surface area contributed by atoms with Gasteiger partial charge in [-0.2, -0.15) is 4.98 Å². The van der Waals surface area contributed by atoms with E-state index in [2.05, 4.69) is 36.2 Å². The molecule has 3 aromatic rings. The van der Waals surface area contributed by atoms with Gasteiger partial charge in [0.05, 0.1) is 12.3 Å². The summed E-state index contributed by atoms with van der Waals surface area (Å²) in [5.41, 5.74) is 2.39. The van der Waals surface area contributed by atoms with Gasteiger partial charge >= 0.3 is 6.01 Å². The van der Waals surface area contributed by atoms with Crippen molar-refractivity contribution in [1.82, 2.24) is 14.8 Å². The molecule has 0 saturated heterocycles. The van der Waals surface area contributed by atoms with Crippen molar-refractivity contribution in [3.8, 4) is 34.6 Å². The number of hydrogen-bond donors (Lipinski definition) is 1. The van der Waals surface area contributed by atoms with E-state index in [0.717, 1.165) is 42.6 Å². The average Bonchev–Trinajstić information content (AvgIpc) is 3.47. The van der Waals surface area contributed by atoms with Crippen LogP contribution in [0, 0.1) is 5.92 Å². The summed E-state index contributed by atoms with van der Waals surface area (Å²) in [6.45, 7) is 7.04. The Kier molecular flexibility index (Phi) is 7.67. The van der Waals surface area contributed by atoms with Gasteiger partial charge < -0.3 is 19.5 Å². The molecule has 8 nitrogen and oxygen atoms in total. The molecule has 1 aliphatic heterocycles. The Labute approximate surface area is 200 Å². The summed E-state index contributed by atoms with van der Waals surface area (Å²) in [4.78, 5) is 16.9. The number of anilines is 1. The number of ether oxygens (including phenoxy) is 3. The van der Waals surface area contributed by atoms with Gasteiger partial charge in [0.15, 0.2) is 17.3 Å². The van der Waals surface area contributed by atoms with Crippen LogP contribution >= 0.6 is 0 Å². The maximum absolute atomic E-state index is 12.2. The Hall–Kier alpha value is -3.55. The lowest BCUT2D eigenvalue weighted by Gasteiger charge is -2.09. The van der Waals surface area contributed by atoms with Crippen molar-refractivity contribution in [3.05, 3.63) is 42.5 Å². The van der Waals surface area contributed by atoms with Gasteiger partial charge in [-0.3, -0.25) is 4.79 Å². The fourth-order valence-corrected chi connectivity index (χ4v) is 3.62. The van der Waals surface area contributed by atoms with Crippen molar-refractivity contribution >= 4 is 11.6 Å². The van der Waals surface area contributed by atoms with Crippen LogP contribution in [0.4, 0.5) is 5.69 Å². The molecule has 180 valence electrons. The van der Waals surface area contributed by atoms with Gasteiger partial charge in [-0.05, 0) is 54.8 Å². The fraction of sp³-hybridized carbons (Fsp3) is 0.423. The summed E-state index contributed by atoms with van der Waals surface area (Å²) in [6, 6.07) is 13.6. The number of unbranched alkanes of at least 4 members (excludes halogenated alkanes) is 3. The Balaban J connectivity index is 1.54. The maximum Gasteiger partial charge on any atom is 0.336 e. The standard InChI is InChI=1S/C26H32N4O4/c1-4-5-6-7-8-24(31)27-20-10-12-21(13-11-20)30-25(28-26(29-30)32-16-18(2)3)19-9-14-22-23(15-19)34-17-33-22/h9-15,18H,4-8,16-17H2,1-3H3,(H,27,31). The van der Waals surface area contributed by atoms with Crippen LogP contribution < -0.4 is 19.5 Å². The van der Waals surface area contributed by atoms with E-state index in [1.165, 1.54) is 0 Å². The number of carbonyl (C=O) groups excluding carboxylic acids is 1. The number of aromatic nitrogens is 3. The largest absolute Gasteiger partial charge is 0.462 e. The highest BCUT2D eigenvalue weighted by Crippen LogP contribution is 2.36. The van der Waals surface area contributed by atoms with E-state index in [1.807, 2.05) is 42.5 Å². The van der Waals surface area contributed by atoms with E-state index in [1.54, 1.807) is 4.68 Å². The first-order chi connectivity index (χ1) is 16.5. The summed E-state index contributed by atoms with van der Waals surface area (Å²) in [5, 5.41) is 7.57. The molecule has 8 heteroatoms. The van der Waals surface area contributed by atoms with Crippen LogP contribution in [0.15, 0.2) is 42.5 Å². The Morgan fingerprint density at radius 1 is 1.09 bits per heavy atom. The average molecular weight is 465 g/mol. The molecule has 1 aliphatic rings. The third-order valence-electron chi connectivity index (χ3n) is 5.42. The molecule has 0 atom stereocenters. The quantitative estimate of drug-likeness (QED) is 0.371. The van der Waals surface area contributed by atoms with Crippen LogP contribution in [0.25, 0.3) is 17.1 Å². The van der Waals surface area contributed by atoms with Gasteiger partial charge in [0.1, 0.15) is 0 Å². The second kappa shape index (κ2) is 11.0. The van der Waals surface area contributed by atoms with Crippen molar-refractivity contribution in [1.29, 1.82) is 0 Å². The molecule has 0 saturated carbocycles. The van der Waals surface area contributed by atoms with Gasteiger partial charge in [0, 0.05) is 17.7 Å². The molecule has 0 aliphatic carbocycles. The fourth-order valence-electron chi connectivity index (χ4n) is 3.62. The predicted molar refractivity (Wildman–Crippen MR) is 131 cm³/mol. The van der Waals surface area contributed by atoms with Crippen LogP contribution in [0.2, 0.25) is 0 Å². The molecule has 0 unspecified atom stereocenters. The third-order valence-corrected chi connectivity index (χ3v) is 5.42. The number of nitrogens with one attached hydrogen (secondary N) is 1. The van der Waals surface area contributed by atoms with Crippen LogP contribution in [0.5, 0.6) is 17.5 Å². The molecule has 1 N–H and O–H groups in total. The highest BCUT2D eigenvalue weighted by Gasteiger charge is 2.19. The number of carbonyl (C=O) groups is 1. The van der Waals surface area contributed by atoms with E-state index in [0.29, 0.717) is 42.3 Å². The molecule has 2 aromatic carbocycles. The molecular weight excluding hydrogens is 432 g/mol. The molecule has 0 radical (unpaired) electrons. The number of fused-ring (bicyclic) bond motifs is 1. The predicted octanol–water partition coefficient (Wildman–Crippen LogP) is 5.61. The van der Waals surface area contributed by atoms with Crippen LogP contribution in [-0.4, -0.2) is 34.1 Å². The zero-order valence-corrected chi connectivity index (χ0v) is 20.0. The van der Waals surface area contributed by atoms with Gasteiger partial charge in [-0.15, -0.1) is 5.10 Å². The maximum atomic E-state index is 12.2. The lowest BCUT2D eigenvalue weighted by Crippen LogP contribution is -2.11. The highest BCUT2D eigenvalue weighted by molar-refractivity contribution is 5.90. The van der Waals surface area contributed by atoms with E-state index >= 15 is 0 Å². The lowest BCUT2D eigenvalue weighted by molar-refractivity contribution is -0.116. The van der Waals surface area contributed by atoms with E-state index in [4.69, 9.17) is 14.2 Å². The number of amides is 1. The molecule has 2 heterocycles. The highest BCUT2D eigenvalue weighted by atomic mass is 16.7. The van der Waals surface area contributed by atoms with Crippen LogP contribution in [0.3, 0.4) is 0 Å². The zero-order valence-electron chi connectivity index (χ0n) is 20.0. The van der Waals surface area contributed by atoms with E-state index in [9.17, 15) is 4.79 Å². The zero-order chi connectivity index (χ0) is 23.9. The second-order valence-electron chi connectivity index (χ2n) is 8.81. The normalized spacial score (nSPS) is 12.2. The molecule has 0 fully saturated rings. The first kappa shape index (κ1) is 23.6. The van der Waals surface area contributed by atoms with Gasteiger partial charge in [-0.25, -0.2) is 4.68 Å². The first-order valence-electron chi connectivity index (χ1n) is 11.9. The molecular formula is C26H32N4O4. The lowest BCUT2D eigenvalue weighted by atomic mass is 10.1. The van der Waals surface area contributed by atoms with Crippen LogP contribution in [-0.2, 0) is 4.79 Å².